The lowest BCUT2D eigenvalue weighted by atomic mass is 9.74. The molecule has 2 aromatic carbocycles. The van der Waals surface area contributed by atoms with Crippen LogP contribution in [0.3, 0.4) is 0 Å². The topological polar surface area (TPSA) is 64.6 Å². The average molecular weight is 423 g/mol. The minimum atomic E-state index is -3.47. The molecule has 0 aromatic heterocycles. The van der Waals surface area contributed by atoms with Crippen molar-refractivity contribution in [3.63, 3.8) is 0 Å². The van der Waals surface area contributed by atoms with Crippen LogP contribution in [0.4, 0.5) is 0 Å². The van der Waals surface area contributed by atoms with Crippen LogP contribution < -0.4 is 10.2 Å². The molecule has 0 amide bonds. The molecule has 2 aromatic rings. The molecule has 2 bridgehead atoms. The van der Waals surface area contributed by atoms with E-state index in [1.165, 1.54) is 11.1 Å². The van der Waals surface area contributed by atoms with Crippen molar-refractivity contribution in [3.8, 4) is 0 Å². The zero-order valence-corrected chi connectivity index (χ0v) is 18.1. The van der Waals surface area contributed by atoms with Crippen molar-refractivity contribution in [2.75, 3.05) is 0 Å². The van der Waals surface area contributed by atoms with Gasteiger partial charge in [-0.2, -0.15) is 4.72 Å². The van der Waals surface area contributed by atoms with Gasteiger partial charge in [0.15, 0.2) is 0 Å². The van der Waals surface area contributed by atoms with E-state index < -0.39 is 15.6 Å². The summed E-state index contributed by atoms with van der Waals surface area (Å²) >= 11 is 0. The van der Waals surface area contributed by atoms with Crippen LogP contribution in [-0.4, -0.2) is 27.7 Å². The Labute approximate surface area is 178 Å². The fourth-order valence-corrected chi connectivity index (χ4v) is 7.99. The standard InChI is InChI=1S/C23H26BNO4S/c1-14-15(2)29-24(28-14)20-10-7-16-11-18-8-9-19(12-17(16)13-20)23(18)21-5-3-4-6-22(21)30(26,27)25-23/h3-7,10,13-15,18-19,25H,8-9,11-12H2,1-2H3/t14?,15?,18-,19+,23+/m0/s1. The van der Waals surface area contributed by atoms with Gasteiger partial charge < -0.3 is 9.31 Å². The van der Waals surface area contributed by atoms with Crippen molar-refractivity contribution in [1.82, 2.24) is 4.72 Å². The maximum atomic E-state index is 13.0. The maximum absolute atomic E-state index is 13.0. The molecule has 2 unspecified atom stereocenters. The fraction of sp³-hybridized carbons (Fsp3) is 0.478. The summed E-state index contributed by atoms with van der Waals surface area (Å²) in [4.78, 5) is 0.462. The van der Waals surface area contributed by atoms with Gasteiger partial charge in [-0.15, -0.1) is 0 Å². The predicted molar refractivity (Wildman–Crippen MR) is 115 cm³/mol. The monoisotopic (exact) mass is 423 g/mol. The summed E-state index contributed by atoms with van der Waals surface area (Å²) in [5.41, 5.74) is 4.17. The van der Waals surface area contributed by atoms with Crippen molar-refractivity contribution >= 4 is 22.6 Å². The summed E-state index contributed by atoms with van der Waals surface area (Å²) in [6, 6.07) is 14.1. The van der Waals surface area contributed by atoms with Gasteiger partial charge >= 0.3 is 7.12 Å². The molecule has 2 aliphatic carbocycles. The minimum Gasteiger partial charge on any atom is -0.402 e. The summed E-state index contributed by atoms with van der Waals surface area (Å²) in [5.74, 6) is 0.521. The van der Waals surface area contributed by atoms with Crippen LogP contribution in [0.25, 0.3) is 0 Å². The van der Waals surface area contributed by atoms with E-state index in [2.05, 4.69) is 22.9 Å². The first-order chi connectivity index (χ1) is 14.4. The molecule has 30 heavy (non-hydrogen) atoms. The summed E-state index contributed by atoms with van der Waals surface area (Å²) < 4.78 is 41.1. The van der Waals surface area contributed by atoms with E-state index in [1.807, 2.05) is 32.0 Å². The third-order valence-electron chi connectivity index (χ3n) is 7.85. The van der Waals surface area contributed by atoms with Gasteiger partial charge in [-0.25, -0.2) is 8.42 Å². The molecule has 1 spiro atoms. The third kappa shape index (κ3) is 2.56. The van der Waals surface area contributed by atoms with Crippen LogP contribution in [-0.2, 0) is 37.7 Å². The zero-order chi connectivity index (χ0) is 20.7. The van der Waals surface area contributed by atoms with Crippen LogP contribution in [0, 0.1) is 11.8 Å². The first-order valence-corrected chi connectivity index (χ1v) is 12.4. The Kier molecular flexibility index (Phi) is 4.08. The highest BCUT2D eigenvalue weighted by Crippen LogP contribution is 2.56. The Balaban J connectivity index is 1.41. The number of hydrogen-bond donors (Lipinski definition) is 1. The van der Waals surface area contributed by atoms with Gasteiger partial charge in [-0.1, -0.05) is 36.4 Å². The molecule has 2 fully saturated rings. The lowest BCUT2D eigenvalue weighted by molar-refractivity contribution is 0.187. The third-order valence-corrected chi connectivity index (χ3v) is 9.39. The molecule has 0 radical (unpaired) electrons. The van der Waals surface area contributed by atoms with Crippen LogP contribution in [0.1, 0.15) is 43.4 Å². The Morgan fingerprint density at radius 3 is 2.37 bits per heavy atom. The highest BCUT2D eigenvalue weighted by molar-refractivity contribution is 7.89. The van der Waals surface area contributed by atoms with E-state index in [0.717, 1.165) is 36.7 Å². The van der Waals surface area contributed by atoms with Gasteiger partial charge in [0.2, 0.25) is 10.0 Å². The van der Waals surface area contributed by atoms with Gasteiger partial charge in [0.1, 0.15) is 0 Å². The first-order valence-electron chi connectivity index (χ1n) is 10.9. The van der Waals surface area contributed by atoms with E-state index in [9.17, 15) is 8.42 Å². The molecule has 1 N–H and O–H groups in total. The normalized spacial score (nSPS) is 36.0. The molecule has 4 aliphatic rings. The minimum absolute atomic E-state index is 0.0810. The van der Waals surface area contributed by atoms with Gasteiger partial charge in [-0.3, -0.25) is 0 Å². The van der Waals surface area contributed by atoms with Crippen molar-refractivity contribution < 1.29 is 17.7 Å². The molecule has 5 atom stereocenters. The Morgan fingerprint density at radius 2 is 1.63 bits per heavy atom. The average Bonchev–Trinajstić information content (AvgIpc) is 3.26. The van der Waals surface area contributed by atoms with Crippen LogP contribution >= 0.6 is 0 Å². The van der Waals surface area contributed by atoms with E-state index in [-0.39, 0.29) is 31.2 Å². The summed E-state index contributed by atoms with van der Waals surface area (Å²) in [7, 11) is -3.79. The van der Waals surface area contributed by atoms with Crippen molar-refractivity contribution in [3.05, 3.63) is 59.2 Å². The molecule has 156 valence electrons. The molecule has 2 heterocycles. The lowest BCUT2D eigenvalue weighted by Crippen LogP contribution is -2.47. The Hall–Kier alpha value is -1.67. The molecule has 1 saturated carbocycles. The smallest absolute Gasteiger partial charge is 0.402 e. The van der Waals surface area contributed by atoms with Gasteiger partial charge in [-0.05, 0) is 79.6 Å². The predicted octanol–water partition coefficient (Wildman–Crippen LogP) is 2.52. The van der Waals surface area contributed by atoms with E-state index in [1.54, 1.807) is 6.07 Å². The van der Waals surface area contributed by atoms with E-state index in [0.29, 0.717) is 4.90 Å². The van der Waals surface area contributed by atoms with E-state index in [4.69, 9.17) is 9.31 Å². The summed E-state index contributed by atoms with van der Waals surface area (Å²) in [6.45, 7) is 4.08. The molecule has 1 saturated heterocycles. The first kappa shape index (κ1) is 19.1. The van der Waals surface area contributed by atoms with Crippen LogP contribution in [0.2, 0.25) is 0 Å². The number of sulfonamides is 1. The molecule has 7 heteroatoms. The quantitative estimate of drug-likeness (QED) is 0.717. The second-order valence-electron chi connectivity index (χ2n) is 9.39. The highest BCUT2D eigenvalue weighted by atomic mass is 32.2. The number of hydrogen-bond acceptors (Lipinski definition) is 4. The maximum Gasteiger partial charge on any atom is 0.494 e. The van der Waals surface area contributed by atoms with Gasteiger partial charge in [0, 0.05) is 0 Å². The molecular weight excluding hydrogens is 397 g/mol. The van der Waals surface area contributed by atoms with Gasteiger partial charge in [0.25, 0.3) is 0 Å². The SMILES string of the molecule is CC1OB(c2ccc3c(c2)C[C@H]2CC[C@@H](C3)[C@@]23NS(=O)(=O)c2ccccc23)OC1C. The summed E-state index contributed by atoms with van der Waals surface area (Å²) in [6.07, 6.45) is 4.01. The fourth-order valence-electron chi connectivity index (χ4n) is 6.21. The largest absolute Gasteiger partial charge is 0.494 e. The van der Waals surface area contributed by atoms with Crippen molar-refractivity contribution in [2.24, 2.45) is 11.8 Å². The molecule has 6 rings (SSSR count). The zero-order valence-electron chi connectivity index (χ0n) is 17.3. The van der Waals surface area contributed by atoms with Crippen molar-refractivity contribution in [2.45, 2.75) is 62.2 Å². The number of rotatable bonds is 1. The number of benzene rings is 2. The number of nitrogens with one attached hydrogen (secondary N) is 1. The van der Waals surface area contributed by atoms with Crippen LogP contribution in [0.15, 0.2) is 47.4 Å². The Bertz CT molecular complexity index is 1130. The lowest BCUT2D eigenvalue weighted by Gasteiger charge is -2.35. The van der Waals surface area contributed by atoms with Gasteiger partial charge in [0.05, 0.1) is 22.6 Å². The molecular formula is C23H26BNO4S. The van der Waals surface area contributed by atoms with Crippen molar-refractivity contribution in [1.29, 1.82) is 0 Å². The highest BCUT2D eigenvalue weighted by Gasteiger charge is 2.59. The second kappa shape index (κ2) is 6.42. The number of fused-ring (bicyclic) bond motifs is 2. The van der Waals surface area contributed by atoms with Crippen LogP contribution in [0.5, 0.6) is 0 Å². The second-order valence-corrected chi connectivity index (χ2v) is 11.0. The molecule has 2 aliphatic heterocycles. The summed E-state index contributed by atoms with van der Waals surface area (Å²) in [5, 5.41) is 0. The van der Waals surface area contributed by atoms with E-state index >= 15 is 0 Å². The Morgan fingerprint density at radius 1 is 0.967 bits per heavy atom. The molecule has 5 nitrogen and oxygen atoms in total.